The molecule has 0 saturated carbocycles. The molecule has 1 unspecified atom stereocenters. The maximum absolute atomic E-state index is 13.1. The number of hydroxylamine groups is 1. The predicted molar refractivity (Wildman–Crippen MR) is 121 cm³/mol. The lowest BCUT2D eigenvalue weighted by atomic mass is 9.90. The van der Waals surface area contributed by atoms with Crippen LogP contribution in [0, 0.1) is 11.8 Å². The number of benzene rings is 1. The summed E-state index contributed by atoms with van der Waals surface area (Å²) in [5, 5.41) is 14.8. The van der Waals surface area contributed by atoms with Gasteiger partial charge in [0.15, 0.2) is 6.21 Å². The highest BCUT2D eigenvalue weighted by Gasteiger charge is 2.35. The van der Waals surface area contributed by atoms with Gasteiger partial charge < -0.3 is 10.6 Å². The van der Waals surface area contributed by atoms with Crippen LogP contribution in [0.25, 0.3) is 0 Å². The van der Waals surface area contributed by atoms with Crippen molar-refractivity contribution in [2.75, 3.05) is 13.1 Å². The van der Waals surface area contributed by atoms with E-state index in [4.69, 9.17) is 5.21 Å². The van der Waals surface area contributed by atoms with Crippen LogP contribution in [-0.4, -0.2) is 52.9 Å². The molecule has 0 aromatic heterocycles. The molecule has 0 radical (unpaired) electrons. The topological polar surface area (TPSA) is 111 Å². The second kappa shape index (κ2) is 11.2. The molecule has 3 rings (SSSR count). The average Bonchev–Trinajstić information content (AvgIpc) is 3.11. The first kappa shape index (κ1) is 23.9. The summed E-state index contributed by atoms with van der Waals surface area (Å²) in [6, 6.07) is 7.50. The summed E-state index contributed by atoms with van der Waals surface area (Å²) >= 11 is 0. The summed E-state index contributed by atoms with van der Waals surface area (Å²) < 4.78 is 2.27. The van der Waals surface area contributed by atoms with E-state index in [0.717, 1.165) is 31.4 Å². The van der Waals surface area contributed by atoms with Crippen LogP contribution in [0.3, 0.4) is 0 Å². The third kappa shape index (κ3) is 6.16. The van der Waals surface area contributed by atoms with Crippen molar-refractivity contribution >= 4 is 29.6 Å². The molecule has 3 atom stereocenters. The third-order valence-corrected chi connectivity index (χ3v) is 6.19. The zero-order chi connectivity index (χ0) is 23.1. The molecule has 4 N–H and O–H groups in total. The van der Waals surface area contributed by atoms with Crippen LogP contribution in [0.2, 0.25) is 0 Å². The van der Waals surface area contributed by atoms with Crippen LogP contribution in [0.5, 0.6) is 0 Å². The molecule has 0 saturated heterocycles. The lowest BCUT2D eigenvalue weighted by Gasteiger charge is -2.24. The van der Waals surface area contributed by atoms with Crippen molar-refractivity contribution in [2.45, 2.75) is 64.3 Å². The Labute approximate surface area is 189 Å². The standard InChI is InChI=1S/C24H34N4O4/c1-16(2)12-17(14-22(29)27-32)23(30)26-20-13-18-15-28(21-9-5-4-8-19(18)21)11-7-3-6-10-25-24(20)31/h4-5,8-9,15-18,20H,3,6-7,10-14H2,1-2H3,(H3-,25,26,27,29,30,31,32)/p+1/t17-,18?,20+/m1/s1. The van der Waals surface area contributed by atoms with Gasteiger partial charge in [0.2, 0.25) is 23.4 Å². The lowest BCUT2D eigenvalue weighted by Crippen LogP contribution is -2.50. The van der Waals surface area contributed by atoms with Gasteiger partial charge in [0.25, 0.3) is 0 Å². The first-order valence-corrected chi connectivity index (χ1v) is 11.6. The van der Waals surface area contributed by atoms with E-state index in [9.17, 15) is 14.4 Å². The molecule has 0 fully saturated rings. The van der Waals surface area contributed by atoms with E-state index >= 15 is 0 Å². The number of rotatable bonds is 6. The van der Waals surface area contributed by atoms with Crippen LogP contribution < -0.4 is 16.1 Å². The molecule has 32 heavy (non-hydrogen) atoms. The van der Waals surface area contributed by atoms with Gasteiger partial charge in [-0.2, -0.15) is 0 Å². The Morgan fingerprint density at radius 1 is 1.22 bits per heavy atom. The van der Waals surface area contributed by atoms with Gasteiger partial charge in [-0.05, 0) is 31.6 Å². The maximum Gasteiger partial charge on any atom is 0.244 e. The number of amides is 3. The molecule has 2 heterocycles. The molecule has 1 aromatic carbocycles. The molecular weight excluding hydrogens is 408 g/mol. The minimum Gasteiger partial charge on any atom is -0.354 e. The predicted octanol–water partition coefficient (Wildman–Crippen LogP) is 2.23. The van der Waals surface area contributed by atoms with E-state index in [-0.39, 0.29) is 30.1 Å². The molecule has 3 amide bonds. The number of nitrogens with one attached hydrogen (secondary N) is 3. The first-order valence-electron chi connectivity index (χ1n) is 11.6. The van der Waals surface area contributed by atoms with E-state index in [1.807, 2.05) is 26.0 Å². The molecule has 2 aliphatic rings. The third-order valence-electron chi connectivity index (χ3n) is 6.19. The van der Waals surface area contributed by atoms with Crippen molar-refractivity contribution in [3.05, 3.63) is 29.8 Å². The van der Waals surface area contributed by atoms with Crippen molar-refractivity contribution in [3.63, 3.8) is 0 Å². The van der Waals surface area contributed by atoms with Gasteiger partial charge in [0, 0.05) is 36.9 Å². The van der Waals surface area contributed by atoms with Crippen molar-refractivity contribution in [1.82, 2.24) is 16.1 Å². The summed E-state index contributed by atoms with van der Waals surface area (Å²) in [6.07, 6.45) is 5.94. The van der Waals surface area contributed by atoms with E-state index in [0.29, 0.717) is 19.4 Å². The Morgan fingerprint density at radius 2 is 2.00 bits per heavy atom. The molecule has 8 nitrogen and oxygen atoms in total. The molecule has 0 spiro atoms. The Hall–Kier alpha value is -2.74. The van der Waals surface area contributed by atoms with Gasteiger partial charge in [0.1, 0.15) is 12.6 Å². The van der Waals surface area contributed by atoms with Gasteiger partial charge >= 0.3 is 0 Å². The van der Waals surface area contributed by atoms with E-state index in [1.165, 1.54) is 5.69 Å². The van der Waals surface area contributed by atoms with Gasteiger partial charge in [-0.25, -0.2) is 10.1 Å². The molecule has 0 aliphatic carbocycles. The minimum atomic E-state index is -0.706. The van der Waals surface area contributed by atoms with Gasteiger partial charge in [-0.3, -0.25) is 19.6 Å². The maximum atomic E-state index is 13.1. The van der Waals surface area contributed by atoms with Crippen molar-refractivity contribution in [1.29, 1.82) is 0 Å². The highest BCUT2D eigenvalue weighted by molar-refractivity contribution is 5.91. The quantitative estimate of drug-likeness (QED) is 0.307. The summed E-state index contributed by atoms with van der Waals surface area (Å²) in [5.41, 5.74) is 3.94. The fourth-order valence-corrected chi connectivity index (χ4v) is 4.64. The van der Waals surface area contributed by atoms with E-state index in [2.05, 4.69) is 33.6 Å². The Kier molecular flexibility index (Phi) is 8.39. The Morgan fingerprint density at radius 3 is 2.75 bits per heavy atom. The fourth-order valence-electron chi connectivity index (χ4n) is 4.64. The molecule has 2 bridgehead atoms. The largest absolute Gasteiger partial charge is 0.354 e. The van der Waals surface area contributed by atoms with Crippen molar-refractivity contribution in [3.8, 4) is 0 Å². The second-order valence-corrected chi connectivity index (χ2v) is 9.22. The van der Waals surface area contributed by atoms with E-state index in [1.54, 1.807) is 5.48 Å². The summed E-state index contributed by atoms with van der Waals surface area (Å²) in [6.45, 7) is 5.46. The first-order chi connectivity index (χ1) is 15.4. The number of nitrogens with zero attached hydrogens (tertiary/aromatic N) is 1. The number of hydrogen-bond acceptors (Lipinski definition) is 4. The highest BCUT2D eigenvalue weighted by atomic mass is 16.5. The zero-order valence-electron chi connectivity index (χ0n) is 19.0. The molecule has 2 aliphatic heterocycles. The fraction of sp³-hybridized carbons (Fsp3) is 0.583. The van der Waals surface area contributed by atoms with Crippen molar-refractivity contribution < 1.29 is 24.2 Å². The normalized spacial score (nSPS) is 22.0. The van der Waals surface area contributed by atoms with Crippen LogP contribution in [0.4, 0.5) is 5.69 Å². The molecule has 174 valence electrons. The van der Waals surface area contributed by atoms with Crippen molar-refractivity contribution in [2.24, 2.45) is 11.8 Å². The monoisotopic (exact) mass is 443 g/mol. The van der Waals surface area contributed by atoms with E-state index < -0.39 is 17.9 Å². The van der Waals surface area contributed by atoms with Crippen LogP contribution in [-0.2, 0) is 14.4 Å². The number of para-hydroxylation sites is 1. The highest BCUT2D eigenvalue weighted by Crippen LogP contribution is 2.34. The van der Waals surface area contributed by atoms with Gasteiger partial charge in [-0.15, -0.1) is 0 Å². The molecular formula is C24H35N4O4+. The summed E-state index contributed by atoms with van der Waals surface area (Å²) in [5.74, 6) is -1.55. The number of hydrogen-bond donors (Lipinski definition) is 4. The zero-order valence-corrected chi connectivity index (χ0v) is 19.0. The number of carbonyl (C=O) groups excluding carboxylic acids is 3. The Bertz CT molecular complexity index is 867. The lowest BCUT2D eigenvalue weighted by molar-refractivity contribution is -0.433. The average molecular weight is 444 g/mol. The van der Waals surface area contributed by atoms with Crippen LogP contribution >= 0.6 is 0 Å². The summed E-state index contributed by atoms with van der Waals surface area (Å²) in [4.78, 5) is 37.8. The Balaban J connectivity index is 1.82. The summed E-state index contributed by atoms with van der Waals surface area (Å²) in [7, 11) is 0. The molecule has 8 heteroatoms. The van der Waals surface area contributed by atoms with Gasteiger partial charge in [0.05, 0.1) is 5.92 Å². The molecule has 1 aromatic rings. The van der Waals surface area contributed by atoms with Crippen LogP contribution in [0.1, 0.15) is 63.9 Å². The van der Waals surface area contributed by atoms with Crippen LogP contribution in [0.15, 0.2) is 24.3 Å². The SMILES string of the molecule is CC(C)C[C@H](CC(=O)NO)C(=O)N[C@H]1CC2C=[N+](CCCCCNC1=O)c1ccccc12. The second-order valence-electron chi connectivity index (χ2n) is 9.22. The minimum absolute atomic E-state index is 0.0194. The number of fused-ring (bicyclic) bond motifs is 4. The number of carbonyl (C=O) groups is 3. The smallest absolute Gasteiger partial charge is 0.244 e. The van der Waals surface area contributed by atoms with Gasteiger partial charge in [-0.1, -0.05) is 32.0 Å².